The molecule has 0 spiro atoms. The molecule has 2 atom stereocenters. The van der Waals surface area contributed by atoms with Crippen LogP contribution in [0.3, 0.4) is 0 Å². The van der Waals surface area contributed by atoms with Crippen LogP contribution in [0.5, 0.6) is 0 Å². The average molecular weight is 212 g/mol. The minimum Gasteiger partial charge on any atom is -0.378 e. The van der Waals surface area contributed by atoms with E-state index in [0.717, 1.165) is 18.9 Å². The number of rotatable bonds is 4. The van der Waals surface area contributed by atoms with E-state index in [4.69, 9.17) is 4.74 Å². The van der Waals surface area contributed by atoms with Gasteiger partial charge in [0.1, 0.15) is 6.04 Å². The lowest BCUT2D eigenvalue weighted by Gasteiger charge is -2.24. The van der Waals surface area contributed by atoms with Crippen LogP contribution in [-0.4, -0.2) is 37.7 Å². The van der Waals surface area contributed by atoms with Crippen LogP contribution in [0.15, 0.2) is 0 Å². The second-order valence-electron chi connectivity index (χ2n) is 4.67. The summed E-state index contributed by atoms with van der Waals surface area (Å²) in [5.74, 6) is 0.943. The lowest BCUT2D eigenvalue weighted by Crippen LogP contribution is -2.52. The Balaban J connectivity index is 1.69. The van der Waals surface area contributed by atoms with E-state index in [1.165, 1.54) is 12.8 Å². The van der Waals surface area contributed by atoms with Gasteiger partial charge in [0.15, 0.2) is 0 Å². The molecule has 4 nitrogen and oxygen atoms in total. The Bertz CT molecular complexity index is 223. The Labute approximate surface area is 90.8 Å². The van der Waals surface area contributed by atoms with Crippen molar-refractivity contribution in [2.75, 3.05) is 19.8 Å². The Morgan fingerprint density at radius 1 is 1.60 bits per heavy atom. The lowest BCUT2D eigenvalue weighted by molar-refractivity contribution is -0.126. The molecule has 15 heavy (non-hydrogen) atoms. The Morgan fingerprint density at radius 2 is 2.40 bits per heavy atom. The number of carbonyl (C=O) groups is 1. The van der Waals surface area contributed by atoms with Gasteiger partial charge in [0.2, 0.25) is 5.91 Å². The van der Waals surface area contributed by atoms with Crippen LogP contribution < -0.4 is 10.6 Å². The summed E-state index contributed by atoms with van der Waals surface area (Å²) < 4.78 is 5.25. The molecule has 0 aromatic heterocycles. The molecule has 1 saturated carbocycles. The Hall–Kier alpha value is -0.610. The fourth-order valence-electron chi connectivity index (χ4n) is 1.99. The maximum atomic E-state index is 11.8. The minimum absolute atomic E-state index is 0.0860. The predicted octanol–water partition coefficient (Wildman–Crippen LogP) is 0.280. The largest absolute Gasteiger partial charge is 0.378 e. The summed E-state index contributed by atoms with van der Waals surface area (Å²) in [4.78, 5) is 11.8. The summed E-state index contributed by atoms with van der Waals surface area (Å²) in [5, 5.41) is 6.20. The van der Waals surface area contributed by atoms with Gasteiger partial charge in [-0.3, -0.25) is 4.79 Å². The molecule has 1 amide bonds. The fraction of sp³-hybridized carbons (Fsp3) is 0.909. The summed E-state index contributed by atoms with van der Waals surface area (Å²) in [6.45, 7) is 4.07. The first kappa shape index (κ1) is 10.9. The number of amides is 1. The third-order valence-corrected chi connectivity index (χ3v) is 3.01. The van der Waals surface area contributed by atoms with E-state index in [9.17, 15) is 4.79 Å². The number of carbonyl (C=O) groups excluding carboxylic acids is 1. The van der Waals surface area contributed by atoms with Crippen LogP contribution in [0.2, 0.25) is 0 Å². The molecular weight excluding hydrogens is 192 g/mol. The topological polar surface area (TPSA) is 50.4 Å². The van der Waals surface area contributed by atoms with Gasteiger partial charge in [-0.05, 0) is 19.3 Å². The first-order chi connectivity index (χ1) is 7.25. The summed E-state index contributed by atoms with van der Waals surface area (Å²) in [6.07, 6.45) is 3.80. The zero-order chi connectivity index (χ0) is 10.7. The van der Waals surface area contributed by atoms with Crippen molar-refractivity contribution in [3.63, 3.8) is 0 Å². The summed E-state index contributed by atoms with van der Waals surface area (Å²) in [7, 11) is 0. The lowest BCUT2D eigenvalue weighted by atomic mass is 10.1. The van der Waals surface area contributed by atoms with Gasteiger partial charge in [0.25, 0.3) is 0 Å². The highest BCUT2D eigenvalue weighted by atomic mass is 16.5. The highest BCUT2D eigenvalue weighted by molar-refractivity contribution is 5.82. The molecule has 2 fully saturated rings. The van der Waals surface area contributed by atoms with E-state index in [2.05, 4.69) is 17.6 Å². The van der Waals surface area contributed by atoms with Gasteiger partial charge in [-0.15, -0.1) is 0 Å². The number of morpholine rings is 1. The number of hydrogen-bond acceptors (Lipinski definition) is 3. The summed E-state index contributed by atoms with van der Waals surface area (Å²) in [5.41, 5.74) is 0. The average Bonchev–Trinajstić information content (AvgIpc) is 3.03. The van der Waals surface area contributed by atoms with Crippen molar-refractivity contribution in [2.24, 2.45) is 5.92 Å². The van der Waals surface area contributed by atoms with Crippen molar-refractivity contribution < 1.29 is 9.53 Å². The fourth-order valence-corrected chi connectivity index (χ4v) is 1.99. The van der Waals surface area contributed by atoms with Crippen molar-refractivity contribution in [3.05, 3.63) is 0 Å². The molecule has 2 aliphatic rings. The zero-order valence-electron chi connectivity index (χ0n) is 9.29. The van der Waals surface area contributed by atoms with Crippen molar-refractivity contribution in [2.45, 2.75) is 38.3 Å². The van der Waals surface area contributed by atoms with Crippen LogP contribution >= 0.6 is 0 Å². The van der Waals surface area contributed by atoms with E-state index in [1.54, 1.807) is 0 Å². The number of ether oxygens (including phenoxy) is 1. The van der Waals surface area contributed by atoms with E-state index < -0.39 is 0 Å². The molecule has 0 bridgehead atoms. The van der Waals surface area contributed by atoms with Gasteiger partial charge in [0.05, 0.1) is 13.2 Å². The minimum atomic E-state index is -0.152. The van der Waals surface area contributed by atoms with Gasteiger partial charge in [0, 0.05) is 12.6 Å². The van der Waals surface area contributed by atoms with Crippen LogP contribution in [-0.2, 0) is 9.53 Å². The molecule has 2 N–H and O–H groups in total. The Kier molecular flexibility index (Phi) is 3.59. The van der Waals surface area contributed by atoms with Crippen molar-refractivity contribution in [1.29, 1.82) is 0 Å². The molecular formula is C11H20N2O2. The molecule has 2 rings (SSSR count). The SMILES string of the molecule is CC(CC1CC1)NC(=O)C1COCCN1. The third-order valence-electron chi connectivity index (χ3n) is 3.01. The number of nitrogens with one attached hydrogen (secondary N) is 2. The van der Waals surface area contributed by atoms with Gasteiger partial charge >= 0.3 is 0 Å². The van der Waals surface area contributed by atoms with Crippen LogP contribution in [0.4, 0.5) is 0 Å². The molecule has 4 heteroatoms. The van der Waals surface area contributed by atoms with E-state index in [-0.39, 0.29) is 11.9 Å². The number of hydrogen-bond donors (Lipinski definition) is 2. The smallest absolute Gasteiger partial charge is 0.239 e. The van der Waals surface area contributed by atoms with Gasteiger partial charge in [-0.1, -0.05) is 12.8 Å². The van der Waals surface area contributed by atoms with Crippen molar-refractivity contribution in [1.82, 2.24) is 10.6 Å². The van der Waals surface area contributed by atoms with E-state index in [0.29, 0.717) is 19.3 Å². The first-order valence-electron chi connectivity index (χ1n) is 5.87. The van der Waals surface area contributed by atoms with E-state index >= 15 is 0 Å². The van der Waals surface area contributed by atoms with Crippen molar-refractivity contribution >= 4 is 5.91 Å². The second kappa shape index (κ2) is 4.94. The van der Waals surface area contributed by atoms with Gasteiger partial charge in [-0.2, -0.15) is 0 Å². The molecule has 2 unspecified atom stereocenters. The van der Waals surface area contributed by atoms with Crippen LogP contribution in [0, 0.1) is 5.92 Å². The summed E-state index contributed by atoms with van der Waals surface area (Å²) in [6, 6.07) is 0.147. The van der Waals surface area contributed by atoms with Crippen LogP contribution in [0.1, 0.15) is 26.2 Å². The molecule has 1 saturated heterocycles. The standard InChI is InChI=1S/C11H20N2O2/c1-8(6-9-2-3-9)13-11(14)10-7-15-5-4-12-10/h8-10,12H,2-7H2,1H3,(H,13,14). The van der Waals surface area contributed by atoms with Gasteiger partial charge < -0.3 is 15.4 Å². The predicted molar refractivity (Wildman–Crippen MR) is 57.6 cm³/mol. The quantitative estimate of drug-likeness (QED) is 0.704. The molecule has 1 heterocycles. The highest BCUT2D eigenvalue weighted by Gasteiger charge is 2.26. The van der Waals surface area contributed by atoms with Crippen molar-refractivity contribution in [3.8, 4) is 0 Å². The summed E-state index contributed by atoms with van der Waals surface area (Å²) >= 11 is 0. The van der Waals surface area contributed by atoms with Crippen LogP contribution in [0.25, 0.3) is 0 Å². The first-order valence-corrected chi connectivity index (χ1v) is 5.87. The zero-order valence-corrected chi connectivity index (χ0v) is 9.29. The normalized spacial score (nSPS) is 28.5. The molecule has 1 aliphatic heterocycles. The Morgan fingerprint density at radius 3 is 3.00 bits per heavy atom. The molecule has 0 aromatic rings. The van der Waals surface area contributed by atoms with Gasteiger partial charge in [-0.25, -0.2) is 0 Å². The maximum Gasteiger partial charge on any atom is 0.239 e. The third kappa shape index (κ3) is 3.47. The second-order valence-corrected chi connectivity index (χ2v) is 4.67. The monoisotopic (exact) mass is 212 g/mol. The molecule has 0 radical (unpaired) electrons. The molecule has 86 valence electrons. The maximum absolute atomic E-state index is 11.8. The van der Waals surface area contributed by atoms with E-state index in [1.807, 2.05) is 0 Å². The highest BCUT2D eigenvalue weighted by Crippen LogP contribution is 2.33. The molecule has 0 aromatic carbocycles. The molecule has 1 aliphatic carbocycles.